The van der Waals surface area contributed by atoms with Gasteiger partial charge in [0.05, 0.1) is 6.04 Å². The first-order valence-corrected chi connectivity index (χ1v) is 8.90. The van der Waals surface area contributed by atoms with Crippen LogP contribution in [0.5, 0.6) is 0 Å². The zero-order valence-corrected chi connectivity index (χ0v) is 14.1. The summed E-state index contributed by atoms with van der Waals surface area (Å²) in [5.41, 5.74) is 2.77. The molecule has 24 heavy (non-hydrogen) atoms. The largest absolute Gasteiger partial charge is 0.340 e. The molecule has 0 saturated carbocycles. The van der Waals surface area contributed by atoms with Gasteiger partial charge in [-0.25, -0.2) is 0 Å². The minimum atomic E-state index is -0.0196. The number of carbonyl (C=O) groups excluding carboxylic acids is 1. The van der Waals surface area contributed by atoms with Crippen LogP contribution in [-0.4, -0.2) is 27.5 Å². The molecular weight excluding hydrogens is 302 g/mol. The Balaban J connectivity index is 1.50. The van der Waals surface area contributed by atoms with Gasteiger partial charge in [0.2, 0.25) is 11.8 Å². The first kappa shape index (κ1) is 15.4. The van der Waals surface area contributed by atoms with Crippen molar-refractivity contribution in [2.75, 3.05) is 6.54 Å². The molecule has 5 nitrogen and oxygen atoms in total. The number of amides is 1. The highest BCUT2D eigenvalue weighted by Gasteiger charge is 2.34. The summed E-state index contributed by atoms with van der Waals surface area (Å²) in [7, 11) is 0. The summed E-state index contributed by atoms with van der Waals surface area (Å²) < 4.78 is 5.10. The van der Waals surface area contributed by atoms with E-state index in [0.29, 0.717) is 24.1 Å². The van der Waals surface area contributed by atoms with Crippen LogP contribution in [0.15, 0.2) is 28.8 Å². The zero-order chi connectivity index (χ0) is 16.5. The van der Waals surface area contributed by atoms with Crippen molar-refractivity contribution in [2.45, 2.75) is 57.4 Å². The fourth-order valence-corrected chi connectivity index (χ4v) is 4.18. The van der Waals surface area contributed by atoms with Gasteiger partial charge < -0.3 is 9.42 Å². The molecule has 0 spiro atoms. The van der Waals surface area contributed by atoms with Crippen molar-refractivity contribution in [1.82, 2.24) is 15.0 Å². The summed E-state index contributed by atoms with van der Waals surface area (Å²) in [6.07, 6.45) is 5.92. The average Bonchev–Trinajstić information content (AvgIpc) is 3.24. The van der Waals surface area contributed by atoms with Gasteiger partial charge in [-0.15, -0.1) is 0 Å². The first-order valence-electron chi connectivity index (χ1n) is 8.90. The van der Waals surface area contributed by atoms with Gasteiger partial charge in [-0.2, -0.15) is 4.98 Å². The zero-order valence-electron chi connectivity index (χ0n) is 14.1. The third-order valence-corrected chi connectivity index (χ3v) is 5.33. The van der Waals surface area contributed by atoms with Crippen LogP contribution in [0.25, 0.3) is 0 Å². The monoisotopic (exact) mass is 325 g/mol. The highest BCUT2D eigenvalue weighted by atomic mass is 16.5. The van der Waals surface area contributed by atoms with Gasteiger partial charge in [-0.1, -0.05) is 29.4 Å². The molecule has 1 aliphatic heterocycles. The normalized spacial score (nSPS) is 23.3. The van der Waals surface area contributed by atoms with E-state index in [1.54, 1.807) is 6.92 Å². The predicted octanol–water partition coefficient (Wildman–Crippen LogP) is 3.55. The van der Waals surface area contributed by atoms with E-state index in [-0.39, 0.29) is 11.9 Å². The van der Waals surface area contributed by atoms with E-state index in [9.17, 15) is 4.79 Å². The number of fused-ring (bicyclic) bond motifs is 1. The Morgan fingerprint density at radius 2 is 2.17 bits per heavy atom. The number of rotatable bonds is 3. The Morgan fingerprint density at radius 3 is 3.00 bits per heavy atom. The maximum atomic E-state index is 13.0. The van der Waals surface area contributed by atoms with Crippen molar-refractivity contribution in [3.63, 3.8) is 0 Å². The van der Waals surface area contributed by atoms with Crippen LogP contribution in [0.3, 0.4) is 0 Å². The molecule has 1 amide bonds. The van der Waals surface area contributed by atoms with Crippen molar-refractivity contribution in [2.24, 2.45) is 0 Å². The lowest BCUT2D eigenvalue weighted by molar-refractivity contribution is -0.132. The lowest BCUT2D eigenvalue weighted by Crippen LogP contribution is -2.32. The third kappa shape index (κ3) is 2.83. The van der Waals surface area contributed by atoms with Crippen LogP contribution in [0.2, 0.25) is 0 Å². The second kappa shape index (κ2) is 6.38. The van der Waals surface area contributed by atoms with Crippen LogP contribution in [-0.2, 0) is 11.2 Å². The molecule has 4 rings (SSSR count). The summed E-state index contributed by atoms with van der Waals surface area (Å²) in [5, 5.41) is 4.03. The van der Waals surface area contributed by atoms with E-state index in [4.69, 9.17) is 4.52 Å². The summed E-state index contributed by atoms with van der Waals surface area (Å²) in [4.78, 5) is 19.2. The average molecular weight is 325 g/mol. The van der Waals surface area contributed by atoms with Gasteiger partial charge in [0.15, 0.2) is 5.82 Å². The van der Waals surface area contributed by atoms with Crippen molar-refractivity contribution >= 4 is 5.91 Å². The fourth-order valence-electron chi connectivity index (χ4n) is 4.18. The molecule has 0 radical (unpaired) electrons. The van der Waals surface area contributed by atoms with Crippen molar-refractivity contribution < 1.29 is 9.32 Å². The molecule has 0 bridgehead atoms. The van der Waals surface area contributed by atoms with Crippen molar-refractivity contribution in [1.29, 1.82) is 0 Å². The Hall–Kier alpha value is -2.17. The molecule has 1 aromatic heterocycles. The molecule has 1 aliphatic carbocycles. The van der Waals surface area contributed by atoms with E-state index in [1.807, 2.05) is 4.90 Å². The Bertz CT molecular complexity index is 740. The lowest BCUT2D eigenvalue weighted by atomic mass is 9.81. The maximum Gasteiger partial charge on any atom is 0.223 e. The Morgan fingerprint density at radius 1 is 1.29 bits per heavy atom. The van der Waals surface area contributed by atoms with Gasteiger partial charge in [0.25, 0.3) is 0 Å². The molecule has 5 heteroatoms. The number of hydrogen-bond donors (Lipinski definition) is 0. The SMILES string of the molecule is Cc1nc([C@H]2CCCN2C(=O)C[C@H]2CCCc3ccccc32)no1. The molecule has 2 heterocycles. The number of carbonyl (C=O) groups is 1. The molecular formula is C19H23N3O2. The molecule has 1 aromatic carbocycles. The van der Waals surface area contributed by atoms with Gasteiger partial charge in [-0.3, -0.25) is 4.79 Å². The summed E-state index contributed by atoms with van der Waals surface area (Å²) in [6.45, 7) is 2.59. The van der Waals surface area contributed by atoms with Gasteiger partial charge in [-0.05, 0) is 49.1 Å². The molecule has 1 fully saturated rings. The van der Waals surface area contributed by atoms with Crippen molar-refractivity contribution in [3.8, 4) is 0 Å². The quantitative estimate of drug-likeness (QED) is 0.866. The minimum Gasteiger partial charge on any atom is -0.340 e. The second-order valence-corrected chi connectivity index (χ2v) is 6.91. The molecule has 126 valence electrons. The van der Waals surface area contributed by atoms with E-state index >= 15 is 0 Å². The first-order chi connectivity index (χ1) is 11.7. The summed E-state index contributed by atoms with van der Waals surface area (Å²) in [5.74, 6) is 1.78. The van der Waals surface area contributed by atoms with Crippen LogP contribution in [0.4, 0.5) is 0 Å². The lowest BCUT2D eigenvalue weighted by Gasteiger charge is -2.28. The third-order valence-electron chi connectivity index (χ3n) is 5.33. The van der Waals surface area contributed by atoms with E-state index in [1.165, 1.54) is 17.5 Å². The van der Waals surface area contributed by atoms with Gasteiger partial charge in [0, 0.05) is 19.9 Å². The molecule has 0 N–H and O–H groups in total. The number of hydrogen-bond acceptors (Lipinski definition) is 4. The fraction of sp³-hybridized carbons (Fsp3) is 0.526. The molecule has 2 atom stereocenters. The molecule has 2 aromatic rings. The van der Waals surface area contributed by atoms with E-state index in [2.05, 4.69) is 34.4 Å². The highest BCUT2D eigenvalue weighted by Crippen LogP contribution is 2.37. The minimum absolute atomic E-state index is 0.0196. The number of aryl methyl sites for hydroxylation is 2. The smallest absolute Gasteiger partial charge is 0.223 e. The van der Waals surface area contributed by atoms with Gasteiger partial charge in [0.1, 0.15) is 0 Å². The maximum absolute atomic E-state index is 13.0. The van der Waals surface area contributed by atoms with Crippen LogP contribution >= 0.6 is 0 Å². The van der Waals surface area contributed by atoms with Crippen LogP contribution in [0, 0.1) is 6.92 Å². The van der Waals surface area contributed by atoms with E-state index in [0.717, 1.165) is 32.2 Å². The van der Waals surface area contributed by atoms with Crippen LogP contribution in [0.1, 0.15) is 66.9 Å². The second-order valence-electron chi connectivity index (χ2n) is 6.91. The van der Waals surface area contributed by atoms with Crippen LogP contribution < -0.4 is 0 Å². The summed E-state index contributed by atoms with van der Waals surface area (Å²) >= 11 is 0. The van der Waals surface area contributed by atoms with E-state index < -0.39 is 0 Å². The summed E-state index contributed by atoms with van der Waals surface area (Å²) in [6, 6.07) is 8.55. The number of benzene rings is 1. The molecule has 2 aliphatic rings. The standard InChI is InChI=1S/C19H23N3O2/c1-13-20-19(21-24-13)17-10-5-11-22(17)18(23)12-15-8-4-7-14-6-2-3-9-16(14)15/h2-3,6,9,15,17H,4-5,7-8,10-12H2,1H3/t15-,17-/m1/s1. The molecule has 1 saturated heterocycles. The molecule has 0 unspecified atom stereocenters. The number of likely N-dealkylation sites (tertiary alicyclic amines) is 1. The topological polar surface area (TPSA) is 59.2 Å². The predicted molar refractivity (Wildman–Crippen MR) is 89.5 cm³/mol. The Labute approximate surface area is 142 Å². The van der Waals surface area contributed by atoms with Gasteiger partial charge >= 0.3 is 0 Å². The highest BCUT2D eigenvalue weighted by molar-refractivity contribution is 5.78. The van der Waals surface area contributed by atoms with Crippen molar-refractivity contribution in [3.05, 3.63) is 47.1 Å². The Kier molecular flexibility index (Phi) is 4.08. The number of nitrogens with zero attached hydrogens (tertiary/aromatic N) is 3. The number of aromatic nitrogens is 2.